The van der Waals surface area contributed by atoms with Crippen LogP contribution in [0.1, 0.15) is 151 Å². The standard InChI is InChI=1S/C10H18N2O2.C9H17NO.2C9H19N.CH4/c1-6-7(8(13)12(6)5)11-9(14)10(2,3)4;1-6-7(2)10(8(6)11)9(3,4)5;2*1-8-6-5-7-10(8)9(2,3)4;/h6-7H,1-5H3,(H,11,14);6-7H,1-5H3;2*8H,5-7H2,1-4H3;1H4. The third kappa shape index (κ3) is 11.8. The molecule has 6 atom stereocenters. The number of nitrogens with zero attached hydrogens (tertiary/aromatic N) is 4. The lowest BCUT2D eigenvalue weighted by Crippen LogP contribution is -2.68. The first-order valence-corrected chi connectivity index (χ1v) is 17.6. The molecule has 4 aliphatic heterocycles. The van der Waals surface area contributed by atoms with E-state index in [1.54, 1.807) is 11.9 Å². The van der Waals surface area contributed by atoms with E-state index in [0.717, 1.165) is 12.1 Å². The molecule has 4 heterocycles. The van der Waals surface area contributed by atoms with Crippen molar-refractivity contribution in [2.24, 2.45) is 11.3 Å². The molecule has 8 nitrogen and oxygen atoms in total. The highest BCUT2D eigenvalue weighted by Gasteiger charge is 2.46. The monoisotopic (exact) mass is 652 g/mol. The average molecular weight is 652 g/mol. The van der Waals surface area contributed by atoms with Crippen LogP contribution in [0.25, 0.3) is 0 Å². The van der Waals surface area contributed by atoms with Gasteiger partial charge in [-0.1, -0.05) is 35.1 Å². The van der Waals surface area contributed by atoms with Crippen LogP contribution in [0.4, 0.5) is 0 Å². The van der Waals surface area contributed by atoms with Gasteiger partial charge >= 0.3 is 0 Å². The predicted octanol–water partition coefficient (Wildman–Crippen LogP) is 7.20. The summed E-state index contributed by atoms with van der Waals surface area (Å²) in [5.74, 6) is 0.449. The number of hydrogen-bond acceptors (Lipinski definition) is 5. The van der Waals surface area contributed by atoms with Crippen LogP contribution in [-0.4, -0.2) is 104 Å². The summed E-state index contributed by atoms with van der Waals surface area (Å²) in [5.41, 5.74) is 0.336. The second-order valence-electron chi connectivity index (χ2n) is 18.0. The molecular weight excluding hydrogens is 574 g/mol. The number of likely N-dealkylation sites (N-methyl/N-ethyl adjacent to an activating group) is 1. The number of β-lactam (4-membered cyclic amide) rings is 2. The fourth-order valence-electron chi connectivity index (χ4n) is 6.88. The van der Waals surface area contributed by atoms with E-state index in [2.05, 4.69) is 98.2 Å². The predicted molar refractivity (Wildman–Crippen MR) is 196 cm³/mol. The molecule has 8 heteroatoms. The number of likely N-dealkylation sites (tertiary alicyclic amines) is 4. The van der Waals surface area contributed by atoms with Gasteiger partial charge in [-0.05, 0) is 129 Å². The van der Waals surface area contributed by atoms with Crippen molar-refractivity contribution < 1.29 is 14.4 Å². The minimum Gasteiger partial charge on any atom is -0.342 e. The molecule has 0 aliphatic carbocycles. The third-order valence-electron chi connectivity index (χ3n) is 9.98. The summed E-state index contributed by atoms with van der Waals surface area (Å²) in [4.78, 5) is 43.0. The van der Waals surface area contributed by atoms with E-state index in [0.29, 0.717) is 23.0 Å². The van der Waals surface area contributed by atoms with E-state index >= 15 is 0 Å². The van der Waals surface area contributed by atoms with Crippen LogP contribution in [0.5, 0.6) is 0 Å². The molecule has 6 unspecified atom stereocenters. The maximum absolute atomic E-state index is 11.6. The largest absolute Gasteiger partial charge is 0.342 e. The summed E-state index contributed by atoms with van der Waals surface area (Å²) in [7, 11) is 1.74. The Balaban J connectivity index is 0.000000588. The second kappa shape index (κ2) is 16.6. The third-order valence-corrected chi connectivity index (χ3v) is 9.98. The minimum atomic E-state index is -0.436. The number of carbonyl (C=O) groups is 3. The zero-order valence-electron chi connectivity index (χ0n) is 32.7. The number of hydrogen-bond donors (Lipinski definition) is 1. The molecular formula is C38H77N5O3. The molecule has 272 valence electrons. The molecule has 3 amide bonds. The Labute approximate surface area is 285 Å². The molecule has 0 saturated carbocycles. The number of rotatable bonds is 1. The molecule has 4 rings (SSSR count). The number of amides is 3. The first-order valence-electron chi connectivity index (χ1n) is 17.6. The highest BCUT2D eigenvalue weighted by molar-refractivity contribution is 5.94. The summed E-state index contributed by atoms with van der Waals surface area (Å²) in [6.07, 6.45) is 5.55. The van der Waals surface area contributed by atoms with E-state index in [1.807, 2.05) is 39.5 Å². The van der Waals surface area contributed by atoms with Gasteiger partial charge in [0.05, 0.1) is 12.0 Å². The Bertz CT molecular complexity index is 954. The lowest BCUT2D eigenvalue weighted by molar-refractivity contribution is -0.162. The van der Waals surface area contributed by atoms with Crippen molar-refractivity contribution in [3.05, 3.63) is 0 Å². The van der Waals surface area contributed by atoms with Crippen molar-refractivity contribution in [2.75, 3.05) is 20.1 Å². The zero-order valence-corrected chi connectivity index (χ0v) is 32.7. The Morgan fingerprint density at radius 2 is 1.04 bits per heavy atom. The Morgan fingerprint density at radius 3 is 1.24 bits per heavy atom. The number of nitrogens with one attached hydrogen (secondary N) is 1. The van der Waals surface area contributed by atoms with Crippen molar-refractivity contribution >= 4 is 17.7 Å². The molecule has 0 aromatic rings. The van der Waals surface area contributed by atoms with Crippen molar-refractivity contribution in [2.45, 2.75) is 198 Å². The van der Waals surface area contributed by atoms with Gasteiger partial charge in [-0.15, -0.1) is 0 Å². The molecule has 4 aliphatic rings. The van der Waals surface area contributed by atoms with Crippen LogP contribution in [0, 0.1) is 11.3 Å². The molecule has 4 saturated heterocycles. The van der Waals surface area contributed by atoms with Crippen molar-refractivity contribution in [3.8, 4) is 0 Å². The maximum Gasteiger partial charge on any atom is 0.247 e. The van der Waals surface area contributed by atoms with Gasteiger partial charge in [0.15, 0.2) is 0 Å². The fourth-order valence-corrected chi connectivity index (χ4v) is 6.88. The van der Waals surface area contributed by atoms with Crippen LogP contribution in [0.3, 0.4) is 0 Å². The van der Waals surface area contributed by atoms with E-state index in [4.69, 9.17) is 0 Å². The summed E-state index contributed by atoms with van der Waals surface area (Å²) in [6, 6.07) is 1.81. The normalized spacial score (nSPS) is 28.7. The first-order chi connectivity index (χ1) is 20.1. The molecule has 0 spiro atoms. The van der Waals surface area contributed by atoms with Gasteiger partial charge < -0.3 is 15.1 Å². The first kappa shape index (κ1) is 44.3. The van der Waals surface area contributed by atoms with E-state index in [9.17, 15) is 14.4 Å². The molecule has 4 fully saturated rings. The minimum absolute atomic E-state index is 0. The van der Waals surface area contributed by atoms with Gasteiger partial charge in [0.1, 0.15) is 6.04 Å². The Hall–Kier alpha value is -1.67. The van der Waals surface area contributed by atoms with E-state index in [-0.39, 0.29) is 42.8 Å². The Morgan fingerprint density at radius 1 is 0.652 bits per heavy atom. The molecule has 0 bridgehead atoms. The van der Waals surface area contributed by atoms with Crippen LogP contribution in [0.15, 0.2) is 0 Å². The van der Waals surface area contributed by atoms with Crippen LogP contribution in [-0.2, 0) is 14.4 Å². The smallest absolute Gasteiger partial charge is 0.247 e. The summed E-state index contributed by atoms with van der Waals surface area (Å²) < 4.78 is 0. The molecule has 0 radical (unpaired) electrons. The maximum atomic E-state index is 11.6. The van der Waals surface area contributed by atoms with E-state index in [1.165, 1.54) is 38.8 Å². The summed E-state index contributed by atoms with van der Waals surface area (Å²) in [6.45, 7) is 38.8. The summed E-state index contributed by atoms with van der Waals surface area (Å²) >= 11 is 0. The highest BCUT2D eigenvalue weighted by Crippen LogP contribution is 2.33. The molecule has 1 N–H and O–H groups in total. The van der Waals surface area contributed by atoms with Crippen LogP contribution in [0.2, 0.25) is 0 Å². The van der Waals surface area contributed by atoms with Gasteiger partial charge in [0.2, 0.25) is 17.7 Å². The van der Waals surface area contributed by atoms with Crippen LogP contribution < -0.4 is 5.32 Å². The molecule has 0 aromatic carbocycles. The SMILES string of the molecule is C.CC1C(=O)N(C(C)(C)C)C1C.CC1C(NC(=O)C(C)(C)C)C(=O)N1C.CC1CCCN1C(C)(C)C.CC1CCCN1C(C)(C)C. The van der Waals surface area contributed by atoms with Gasteiger partial charge in [-0.2, -0.15) is 0 Å². The zero-order chi connectivity index (χ0) is 35.5. The lowest BCUT2D eigenvalue weighted by Gasteiger charge is -2.51. The molecule has 46 heavy (non-hydrogen) atoms. The van der Waals surface area contributed by atoms with Gasteiger partial charge in [-0.25, -0.2) is 0 Å². The van der Waals surface area contributed by atoms with Gasteiger partial charge in [-0.3, -0.25) is 24.2 Å². The van der Waals surface area contributed by atoms with E-state index < -0.39 is 5.41 Å². The van der Waals surface area contributed by atoms with Crippen molar-refractivity contribution in [1.29, 1.82) is 0 Å². The van der Waals surface area contributed by atoms with Gasteiger partial charge in [0, 0.05) is 47.2 Å². The van der Waals surface area contributed by atoms with Crippen LogP contribution >= 0.6 is 0 Å². The Kier molecular flexibility index (Phi) is 16.0. The molecule has 0 aromatic heterocycles. The average Bonchev–Trinajstić information content (AvgIpc) is 3.54. The lowest BCUT2D eigenvalue weighted by atomic mass is 9.85. The quantitative estimate of drug-likeness (QED) is 0.304. The highest BCUT2D eigenvalue weighted by atomic mass is 16.2. The van der Waals surface area contributed by atoms with Crippen molar-refractivity contribution in [1.82, 2.24) is 24.9 Å². The number of carbonyl (C=O) groups excluding carboxylic acids is 3. The summed E-state index contributed by atoms with van der Waals surface area (Å²) in [5, 5.41) is 2.76. The second-order valence-corrected chi connectivity index (χ2v) is 18.0. The van der Waals surface area contributed by atoms with Crippen molar-refractivity contribution in [3.63, 3.8) is 0 Å². The van der Waals surface area contributed by atoms with Gasteiger partial charge in [0.25, 0.3) is 0 Å². The topological polar surface area (TPSA) is 76.2 Å². The fraction of sp³-hybridized carbons (Fsp3) is 0.921.